The zero-order valence-corrected chi connectivity index (χ0v) is 19.6. The number of amidine groups is 1. The predicted molar refractivity (Wildman–Crippen MR) is 136 cm³/mol. The Morgan fingerprint density at radius 3 is 2.61 bits per heavy atom. The minimum atomic E-state index is -0.0464. The molecule has 1 fully saturated rings. The molecule has 0 bridgehead atoms. The quantitative estimate of drug-likeness (QED) is 0.333. The van der Waals surface area contributed by atoms with E-state index < -0.39 is 0 Å². The minimum absolute atomic E-state index is 0.0464. The number of aryl methyl sites for hydroxylation is 1. The summed E-state index contributed by atoms with van der Waals surface area (Å²) >= 11 is 6.88. The molecule has 0 atom stereocenters. The van der Waals surface area contributed by atoms with E-state index in [2.05, 4.69) is 51.6 Å². The minimum Gasteiger partial charge on any atom is -0.362 e. The van der Waals surface area contributed by atoms with Crippen LogP contribution in [0.3, 0.4) is 0 Å². The molecule has 33 heavy (non-hydrogen) atoms. The largest absolute Gasteiger partial charge is 0.362 e. The molecule has 1 saturated heterocycles. The molecule has 0 aliphatic carbocycles. The third kappa shape index (κ3) is 4.24. The van der Waals surface area contributed by atoms with Gasteiger partial charge in [0.1, 0.15) is 5.84 Å². The van der Waals surface area contributed by atoms with Gasteiger partial charge in [0, 0.05) is 60.4 Å². The fraction of sp³-hybridized carbons (Fsp3) is 0.240. The van der Waals surface area contributed by atoms with Crippen molar-refractivity contribution in [2.75, 3.05) is 38.5 Å². The van der Waals surface area contributed by atoms with E-state index in [0.29, 0.717) is 31.2 Å². The second-order valence-corrected chi connectivity index (χ2v) is 8.29. The Bertz CT molecular complexity index is 1250. The zero-order valence-electron chi connectivity index (χ0n) is 18.9. The van der Waals surface area contributed by atoms with Gasteiger partial charge in [0.2, 0.25) is 5.91 Å². The lowest BCUT2D eigenvalue weighted by Crippen LogP contribution is -2.50. The highest BCUT2D eigenvalue weighted by Gasteiger charge is 2.25. The van der Waals surface area contributed by atoms with E-state index in [1.807, 2.05) is 24.4 Å². The summed E-state index contributed by atoms with van der Waals surface area (Å²) in [5, 5.41) is 12.1. The van der Waals surface area contributed by atoms with Gasteiger partial charge in [-0.1, -0.05) is 30.8 Å². The highest BCUT2D eigenvalue weighted by molar-refractivity contribution is 6.34. The van der Waals surface area contributed by atoms with Crippen LogP contribution in [0.2, 0.25) is 5.02 Å². The first kappa shape index (κ1) is 22.6. The molecule has 1 aromatic heterocycles. The number of hydrogen-bond donors (Lipinski definition) is 2. The first-order chi connectivity index (χ1) is 16.0. The van der Waals surface area contributed by atoms with Gasteiger partial charge >= 0.3 is 0 Å². The van der Waals surface area contributed by atoms with Gasteiger partial charge in [-0.2, -0.15) is 5.10 Å². The smallest absolute Gasteiger partial charge is 0.246 e. The third-order valence-corrected chi connectivity index (χ3v) is 6.30. The molecule has 4 rings (SSSR count). The number of H-pyrrole nitrogens is 1. The number of anilines is 1. The molecule has 0 radical (unpaired) electrons. The van der Waals surface area contributed by atoms with Crippen molar-refractivity contribution in [1.29, 1.82) is 0 Å². The molecule has 0 spiro atoms. The van der Waals surface area contributed by atoms with Gasteiger partial charge in [0.15, 0.2) is 0 Å². The van der Waals surface area contributed by atoms with Crippen LogP contribution in [0.5, 0.6) is 0 Å². The zero-order chi connectivity index (χ0) is 23.5. The highest BCUT2D eigenvalue weighted by Crippen LogP contribution is 2.39. The van der Waals surface area contributed by atoms with Crippen molar-refractivity contribution in [3.05, 3.63) is 72.0 Å². The number of aromatic nitrogens is 2. The van der Waals surface area contributed by atoms with Crippen LogP contribution in [-0.4, -0.2) is 65.0 Å². The molecule has 8 heteroatoms. The summed E-state index contributed by atoms with van der Waals surface area (Å²) in [5.74, 6) is 0.770. The van der Waals surface area contributed by atoms with Crippen molar-refractivity contribution < 1.29 is 4.79 Å². The number of amides is 1. The number of nitrogens with one attached hydrogen (secondary N) is 2. The van der Waals surface area contributed by atoms with Gasteiger partial charge < -0.3 is 15.1 Å². The summed E-state index contributed by atoms with van der Waals surface area (Å²) < 4.78 is 0. The van der Waals surface area contributed by atoms with E-state index in [0.717, 1.165) is 44.7 Å². The highest BCUT2D eigenvalue weighted by atomic mass is 35.5. The molecule has 1 amide bonds. The van der Waals surface area contributed by atoms with Crippen molar-refractivity contribution in [3.8, 4) is 11.1 Å². The number of aliphatic imine (C=N–C) groups is 1. The van der Waals surface area contributed by atoms with E-state index in [1.165, 1.54) is 6.08 Å². The number of aromatic amines is 1. The maximum absolute atomic E-state index is 12.0. The average Bonchev–Trinajstić information content (AvgIpc) is 3.30. The molecule has 2 N–H and O–H groups in total. The van der Waals surface area contributed by atoms with Gasteiger partial charge in [-0.15, -0.1) is 0 Å². The molecule has 170 valence electrons. The number of carbonyl (C=O) groups is 1. The van der Waals surface area contributed by atoms with Crippen LogP contribution >= 0.6 is 11.6 Å². The fourth-order valence-corrected chi connectivity index (χ4v) is 4.62. The van der Waals surface area contributed by atoms with Gasteiger partial charge in [-0.05, 0) is 48.5 Å². The maximum atomic E-state index is 12.0. The molecule has 2 heterocycles. The van der Waals surface area contributed by atoms with E-state index >= 15 is 0 Å². The van der Waals surface area contributed by atoms with Gasteiger partial charge in [0.25, 0.3) is 0 Å². The summed E-state index contributed by atoms with van der Waals surface area (Å²) in [7, 11) is 1.77. The van der Waals surface area contributed by atoms with E-state index in [9.17, 15) is 4.79 Å². The number of halogens is 1. The first-order valence-corrected chi connectivity index (χ1v) is 11.1. The molecule has 2 aromatic carbocycles. The van der Waals surface area contributed by atoms with Crippen molar-refractivity contribution >= 4 is 39.9 Å². The van der Waals surface area contributed by atoms with Crippen molar-refractivity contribution in [2.24, 2.45) is 4.99 Å². The van der Waals surface area contributed by atoms with Gasteiger partial charge in [0.05, 0.1) is 11.7 Å². The summed E-state index contributed by atoms with van der Waals surface area (Å²) in [5.41, 5.74) is 5.75. The molecular weight excluding hydrogens is 436 g/mol. The van der Waals surface area contributed by atoms with Crippen LogP contribution in [0, 0.1) is 6.92 Å². The van der Waals surface area contributed by atoms with E-state index in [-0.39, 0.29) is 5.91 Å². The van der Waals surface area contributed by atoms with Crippen LogP contribution in [0.1, 0.15) is 11.1 Å². The number of hydrogen-bond acceptors (Lipinski definition) is 4. The number of piperazine rings is 1. The first-order valence-electron chi connectivity index (χ1n) is 10.8. The van der Waals surface area contributed by atoms with Crippen molar-refractivity contribution in [1.82, 2.24) is 20.0 Å². The molecule has 1 aliphatic heterocycles. The summed E-state index contributed by atoms with van der Waals surface area (Å²) in [4.78, 5) is 20.5. The predicted octanol–water partition coefficient (Wildman–Crippen LogP) is 4.45. The SMILES string of the molecule is C=CNc1cc(-c2c(C)ccc3[nH]ncc23)c(Cl)cc1C(=NC)N1CCN(C(=O)C=C)CC1. The van der Waals surface area contributed by atoms with Gasteiger partial charge in [-0.3, -0.25) is 14.9 Å². The number of benzene rings is 2. The molecule has 0 saturated carbocycles. The summed E-state index contributed by atoms with van der Waals surface area (Å²) in [6.45, 7) is 12.1. The molecule has 7 nitrogen and oxygen atoms in total. The van der Waals surface area contributed by atoms with E-state index in [4.69, 9.17) is 11.6 Å². The molecular formula is C25H27ClN6O. The van der Waals surface area contributed by atoms with Crippen LogP contribution in [0.25, 0.3) is 22.0 Å². The summed E-state index contributed by atoms with van der Waals surface area (Å²) in [6.07, 6.45) is 4.83. The van der Waals surface area contributed by atoms with E-state index in [1.54, 1.807) is 18.1 Å². The molecule has 0 unspecified atom stereocenters. The topological polar surface area (TPSA) is 76.6 Å². The Morgan fingerprint density at radius 2 is 1.94 bits per heavy atom. The number of fused-ring (bicyclic) bond motifs is 1. The number of carbonyl (C=O) groups excluding carboxylic acids is 1. The molecule has 3 aromatic rings. The number of rotatable bonds is 5. The lowest BCUT2D eigenvalue weighted by Gasteiger charge is -2.36. The number of nitrogens with zero attached hydrogens (tertiary/aromatic N) is 4. The standard InChI is InChI=1S/C25H27ClN6O/c1-5-23(33)31-9-11-32(12-10-31)25(27-4)18-13-20(26)17(14-22(18)28-6-2)24-16(3)7-8-21-19(24)15-29-30-21/h5-8,13-15,28H,1-2,9-12H2,3-4H3,(H,29,30). The summed E-state index contributed by atoms with van der Waals surface area (Å²) in [6, 6.07) is 8.07. The third-order valence-electron chi connectivity index (χ3n) is 5.98. The van der Waals surface area contributed by atoms with Crippen molar-refractivity contribution in [3.63, 3.8) is 0 Å². The van der Waals surface area contributed by atoms with Gasteiger partial charge in [-0.25, -0.2) is 0 Å². The van der Waals surface area contributed by atoms with Crippen LogP contribution in [0.15, 0.2) is 60.9 Å². The van der Waals surface area contributed by atoms with Crippen LogP contribution < -0.4 is 5.32 Å². The van der Waals surface area contributed by atoms with Crippen LogP contribution in [0.4, 0.5) is 5.69 Å². The Labute approximate surface area is 198 Å². The Balaban J connectivity index is 1.75. The van der Waals surface area contributed by atoms with Crippen molar-refractivity contribution in [2.45, 2.75) is 6.92 Å². The normalized spacial score (nSPS) is 14.5. The maximum Gasteiger partial charge on any atom is 0.246 e. The molecule has 1 aliphatic rings. The van der Waals surface area contributed by atoms with Crippen LogP contribution in [-0.2, 0) is 4.79 Å². The monoisotopic (exact) mass is 462 g/mol. The Kier molecular flexibility index (Phi) is 6.51. The lowest BCUT2D eigenvalue weighted by atomic mass is 9.94. The fourth-order valence-electron chi connectivity index (χ4n) is 4.36. The lowest BCUT2D eigenvalue weighted by molar-refractivity contribution is -0.127. The second kappa shape index (κ2) is 9.50. The average molecular weight is 463 g/mol. The second-order valence-electron chi connectivity index (χ2n) is 7.88. The Morgan fingerprint density at radius 1 is 1.21 bits per heavy atom. The Hall–Kier alpha value is -3.58.